The van der Waals surface area contributed by atoms with E-state index in [4.69, 9.17) is 5.14 Å². The molecule has 0 saturated carbocycles. The predicted octanol–water partition coefficient (Wildman–Crippen LogP) is 2.05. The molecule has 7 nitrogen and oxygen atoms in total. The van der Waals surface area contributed by atoms with E-state index in [1.54, 1.807) is 6.92 Å². The lowest BCUT2D eigenvalue weighted by Gasteiger charge is -2.10. The fourth-order valence-electron chi connectivity index (χ4n) is 3.04. The first kappa shape index (κ1) is 19.5. The molecule has 1 heterocycles. The molecule has 1 aromatic heterocycles. The van der Waals surface area contributed by atoms with Crippen LogP contribution in [0.3, 0.4) is 0 Å². The lowest BCUT2D eigenvalue weighted by atomic mass is 10.1. The van der Waals surface area contributed by atoms with E-state index in [0.29, 0.717) is 10.4 Å². The van der Waals surface area contributed by atoms with Crippen LogP contribution >= 0.6 is 11.3 Å². The number of fused-ring (bicyclic) bond motifs is 1. The smallest absolute Gasteiger partial charge is 0.267 e. The number of hydrogen-bond donors (Lipinski definition) is 3. The Labute approximate surface area is 162 Å². The number of carbonyl (C=O) groups is 2. The van der Waals surface area contributed by atoms with E-state index >= 15 is 0 Å². The molecule has 0 atom stereocenters. The molecule has 1 aliphatic rings. The van der Waals surface area contributed by atoms with Crippen molar-refractivity contribution < 1.29 is 18.0 Å². The number of aryl methyl sites for hydroxylation is 3. The third-order valence-electron chi connectivity index (χ3n) is 4.54. The molecule has 27 heavy (non-hydrogen) atoms. The molecule has 144 valence electrons. The van der Waals surface area contributed by atoms with Gasteiger partial charge in [-0.1, -0.05) is 12.5 Å². The first-order valence-corrected chi connectivity index (χ1v) is 11.0. The van der Waals surface area contributed by atoms with Gasteiger partial charge in [0.05, 0.1) is 9.77 Å². The molecule has 0 saturated heterocycles. The highest BCUT2D eigenvalue weighted by Gasteiger charge is 2.18. The number of benzene rings is 1. The number of primary sulfonamides is 1. The standard InChI is InChI=1S/C18H21N3O4S2/c1-11-7-8-13(27(19,24)25)10-14(11)17(22)20-21-18(23)16-9-12-5-3-2-4-6-15(12)26-16/h7-10H,2-6H2,1H3,(H,20,22)(H,21,23)(H2,19,24,25). The minimum atomic E-state index is -3.92. The van der Waals surface area contributed by atoms with Gasteiger partial charge in [-0.3, -0.25) is 20.4 Å². The van der Waals surface area contributed by atoms with Crippen molar-refractivity contribution in [3.05, 3.63) is 50.7 Å². The quantitative estimate of drug-likeness (QED) is 0.533. The lowest BCUT2D eigenvalue weighted by molar-refractivity contribution is 0.0848. The SMILES string of the molecule is Cc1ccc(S(N)(=O)=O)cc1C(=O)NNC(=O)c1cc2c(s1)CCCCC2. The van der Waals surface area contributed by atoms with Gasteiger partial charge >= 0.3 is 0 Å². The van der Waals surface area contributed by atoms with Crippen LogP contribution in [0.4, 0.5) is 0 Å². The fraction of sp³-hybridized carbons (Fsp3) is 0.333. The third kappa shape index (κ3) is 4.55. The number of nitrogens with two attached hydrogens (primary N) is 1. The van der Waals surface area contributed by atoms with E-state index in [-0.39, 0.29) is 16.4 Å². The summed E-state index contributed by atoms with van der Waals surface area (Å²) in [5.74, 6) is -0.994. The van der Waals surface area contributed by atoms with Crippen molar-refractivity contribution >= 4 is 33.2 Å². The monoisotopic (exact) mass is 407 g/mol. The minimum absolute atomic E-state index is 0.129. The number of amides is 2. The van der Waals surface area contributed by atoms with Crippen LogP contribution in [0.15, 0.2) is 29.2 Å². The van der Waals surface area contributed by atoms with Crippen LogP contribution in [0.5, 0.6) is 0 Å². The van der Waals surface area contributed by atoms with E-state index in [2.05, 4.69) is 10.9 Å². The highest BCUT2D eigenvalue weighted by Crippen LogP contribution is 2.28. The highest BCUT2D eigenvalue weighted by atomic mass is 32.2. The molecule has 1 aliphatic carbocycles. The van der Waals surface area contributed by atoms with Gasteiger partial charge in [0.15, 0.2) is 0 Å². The van der Waals surface area contributed by atoms with Gasteiger partial charge in [-0.15, -0.1) is 11.3 Å². The van der Waals surface area contributed by atoms with Crippen LogP contribution in [0, 0.1) is 6.92 Å². The second kappa shape index (κ2) is 7.79. The zero-order chi connectivity index (χ0) is 19.6. The molecule has 2 amide bonds. The largest absolute Gasteiger partial charge is 0.279 e. The normalized spacial score (nSPS) is 14.1. The summed E-state index contributed by atoms with van der Waals surface area (Å²) in [5.41, 5.74) is 6.65. The Bertz CT molecular complexity index is 973. The molecular weight excluding hydrogens is 386 g/mol. The number of rotatable bonds is 3. The summed E-state index contributed by atoms with van der Waals surface area (Å²) < 4.78 is 22.9. The first-order valence-electron chi connectivity index (χ1n) is 8.61. The van der Waals surface area contributed by atoms with Crippen LogP contribution in [-0.4, -0.2) is 20.2 Å². The second-order valence-electron chi connectivity index (χ2n) is 6.55. The molecule has 0 aliphatic heterocycles. The fourth-order valence-corrected chi connectivity index (χ4v) is 4.73. The Balaban J connectivity index is 1.70. The van der Waals surface area contributed by atoms with E-state index in [0.717, 1.165) is 25.7 Å². The van der Waals surface area contributed by atoms with Gasteiger partial charge in [0.1, 0.15) is 0 Å². The number of sulfonamides is 1. The van der Waals surface area contributed by atoms with Gasteiger partial charge in [-0.05, 0) is 61.9 Å². The Morgan fingerprint density at radius 3 is 2.48 bits per heavy atom. The summed E-state index contributed by atoms with van der Waals surface area (Å²) in [5, 5.41) is 5.11. The molecule has 0 fully saturated rings. The molecule has 0 bridgehead atoms. The van der Waals surface area contributed by atoms with Crippen LogP contribution in [0.1, 0.15) is 55.3 Å². The van der Waals surface area contributed by atoms with Gasteiger partial charge in [0.25, 0.3) is 11.8 Å². The average Bonchev–Trinajstić information content (AvgIpc) is 2.89. The Hall–Kier alpha value is -2.23. The first-order chi connectivity index (χ1) is 12.8. The Kier molecular flexibility index (Phi) is 5.64. The van der Waals surface area contributed by atoms with E-state index in [9.17, 15) is 18.0 Å². The molecule has 3 rings (SSSR count). The van der Waals surface area contributed by atoms with Gasteiger partial charge in [0, 0.05) is 10.4 Å². The van der Waals surface area contributed by atoms with Crippen molar-refractivity contribution in [1.82, 2.24) is 10.9 Å². The van der Waals surface area contributed by atoms with Crippen LogP contribution in [0.2, 0.25) is 0 Å². The number of thiophene rings is 1. The van der Waals surface area contributed by atoms with Gasteiger partial charge in [0.2, 0.25) is 10.0 Å². The number of hydrazine groups is 1. The molecule has 0 radical (unpaired) electrons. The van der Waals surface area contributed by atoms with Crippen molar-refractivity contribution in [3.8, 4) is 0 Å². The van der Waals surface area contributed by atoms with Crippen LogP contribution in [-0.2, 0) is 22.9 Å². The van der Waals surface area contributed by atoms with Crippen molar-refractivity contribution in [2.45, 2.75) is 43.9 Å². The zero-order valence-corrected chi connectivity index (χ0v) is 16.5. The lowest BCUT2D eigenvalue weighted by Crippen LogP contribution is -2.41. The Morgan fingerprint density at radius 2 is 1.74 bits per heavy atom. The Morgan fingerprint density at radius 1 is 1.04 bits per heavy atom. The summed E-state index contributed by atoms with van der Waals surface area (Å²) in [6.45, 7) is 1.67. The molecular formula is C18H21N3O4S2. The maximum absolute atomic E-state index is 12.4. The number of carbonyl (C=O) groups excluding carboxylic acids is 2. The average molecular weight is 408 g/mol. The summed E-state index contributed by atoms with van der Waals surface area (Å²) in [6, 6.07) is 5.91. The van der Waals surface area contributed by atoms with Crippen LogP contribution in [0.25, 0.3) is 0 Å². The van der Waals surface area contributed by atoms with E-state index in [1.165, 1.54) is 46.4 Å². The van der Waals surface area contributed by atoms with Gasteiger partial charge in [-0.2, -0.15) is 0 Å². The highest BCUT2D eigenvalue weighted by molar-refractivity contribution is 7.89. The summed E-state index contributed by atoms with van der Waals surface area (Å²) in [6.07, 6.45) is 5.42. The maximum atomic E-state index is 12.4. The minimum Gasteiger partial charge on any atom is -0.267 e. The van der Waals surface area contributed by atoms with Crippen LogP contribution < -0.4 is 16.0 Å². The van der Waals surface area contributed by atoms with Gasteiger partial charge < -0.3 is 0 Å². The van der Waals surface area contributed by atoms with Crippen molar-refractivity contribution in [2.75, 3.05) is 0 Å². The third-order valence-corrected chi connectivity index (χ3v) is 6.69. The summed E-state index contributed by atoms with van der Waals surface area (Å²) in [7, 11) is -3.92. The molecule has 4 N–H and O–H groups in total. The molecule has 0 spiro atoms. The maximum Gasteiger partial charge on any atom is 0.279 e. The molecule has 0 unspecified atom stereocenters. The second-order valence-corrected chi connectivity index (χ2v) is 9.25. The predicted molar refractivity (Wildman–Crippen MR) is 103 cm³/mol. The molecule has 9 heteroatoms. The summed E-state index contributed by atoms with van der Waals surface area (Å²) in [4.78, 5) is 26.4. The van der Waals surface area contributed by atoms with Gasteiger partial charge in [-0.25, -0.2) is 13.6 Å². The van der Waals surface area contributed by atoms with E-state index < -0.39 is 15.9 Å². The summed E-state index contributed by atoms with van der Waals surface area (Å²) >= 11 is 1.45. The van der Waals surface area contributed by atoms with Crippen molar-refractivity contribution in [2.24, 2.45) is 5.14 Å². The zero-order valence-electron chi connectivity index (χ0n) is 14.9. The number of hydrogen-bond acceptors (Lipinski definition) is 5. The molecule has 2 aromatic rings. The van der Waals surface area contributed by atoms with E-state index in [1.807, 2.05) is 6.07 Å². The molecule has 1 aromatic carbocycles. The van der Waals surface area contributed by atoms with Crippen molar-refractivity contribution in [3.63, 3.8) is 0 Å². The topological polar surface area (TPSA) is 118 Å². The van der Waals surface area contributed by atoms with Crippen molar-refractivity contribution in [1.29, 1.82) is 0 Å². The number of nitrogens with one attached hydrogen (secondary N) is 2.